The number of nitrogens with zero attached hydrogens (tertiary/aromatic N) is 3. The van der Waals surface area contributed by atoms with Gasteiger partial charge in [-0.3, -0.25) is 0 Å². The number of aromatic nitrogens is 3. The predicted molar refractivity (Wildman–Crippen MR) is 96.4 cm³/mol. The largest absolute Gasteiger partial charge is 0.463 e. The van der Waals surface area contributed by atoms with E-state index in [1.54, 1.807) is 0 Å². The van der Waals surface area contributed by atoms with E-state index in [2.05, 4.69) is 35.1 Å². The number of hydrogen-bond acceptors (Lipinski definition) is 5. The van der Waals surface area contributed by atoms with Gasteiger partial charge in [0.2, 0.25) is 6.33 Å². The molecule has 1 heterocycles. The highest BCUT2D eigenvalue weighted by atomic mass is 16.5. The lowest BCUT2D eigenvalue weighted by atomic mass is 10.1. The molecule has 1 radical (unpaired) electrons. The summed E-state index contributed by atoms with van der Waals surface area (Å²) in [6.45, 7) is 5.74. The highest BCUT2D eigenvalue weighted by Crippen LogP contribution is 2.10. The van der Waals surface area contributed by atoms with E-state index < -0.39 is 0 Å². The van der Waals surface area contributed by atoms with Crippen molar-refractivity contribution in [2.45, 2.75) is 90.9 Å². The average molecular weight is 337 g/mol. The molecule has 0 saturated heterocycles. The normalized spacial score (nSPS) is 10.8. The van der Waals surface area contributed by atoms with Crippen LogP contribution in [0.15, 0.2) is 0 Å². The Labute approximate surface area is 147 Å². The minimum Gasteiger partial charge on any atom is -0.463 e. The lowest BCUT2D eigenvalue weighted by Gasteiger charge is -2.06. The van der Waals surface area contributed by atoms with Crippen LogP contribution in [0, 0.1) is 6.33 Å². The first-order chi connectivity index (χ1) is 11.9. The molecule has 0 aliphatic heterocycles. The second-order valence-electron chi connectivity index (χ2n) is 6.23. The van der Waals surface area contributed by atoms with Crippen molar-refractivity contribution in [3.63, 3.8) is 0 Å². The molecule has 0 aliphatic rings. The molecule has 0 aromatic carbocycles. The zero-order chi connectivity index (χ0) is 17.3. The first-order valence-corrected chi connectivity index (χ1v) is 9.74. The first-order valence-electron chi connectivity index (χ1n) is 9.74. The fraction of sp³-hybridized carbons (Fsp3) is 0.842. The Morgan fingerprint density at radius 2 is 1.04 bits per heavy atom. The van der Waals surface area contributed by atoms with Crippen molar-refractivity contribution in [1.82, 2.24) is 15.0 Å². The van der Waals surface area contributed by atoms with Crippen LogP contribution in [0.4, 0.5) is 0 Å². The molecule has 0 unspecified atom stereocenters. The second kappa shape index (κ2) is 15.2. The Kier molecular flexibility index (Phi) is 13.0. The zero-order valence-corrected chi connectivity index (χ0v) is 15.6. The van der Waals surface area contributed by atoms with Crippen LogP contribution in [0.2, 0.25) is 0 Å². The van der Waals surface area contributed by atoms with Crippen LogP contribution < -0.4 is 9.47 Å². The molecule has 5 heteroatoms. The third-order valence-electron chi connectivity index (χ3n) is 3.94. The van der Waals surface area contributed by atoms with Crippen LogP contribution in [0.25, 0.3) is 0 Å². The molecule has 0 saturated carbocycles. The van der Waals surface area contributed by atoms with Gasteiger partial charge < -0.3 is 9.47 Å². The molecule has 0 bridgehead atoms. The summed E-state index contributed by atoms with van der Waals surface area (Å²) in [6.07, 6.45) is 17.4. The van der Waals surface area contributed by atoms with Crippen molar-refractivity contribution >= 4 is 0 Å². The Morgan fingerprint density at radius 1 is 0.625 bits per heavy atom. The van der Waals surface area contributed by atoms with Gasteiger partial charge >= 0.3 is 12.0 Å². The Morgan fingerprint density at radius 3 is 1.50 bits per heavy atom. The van der Waals surface area contributed by atoms with Crippen molar-refractivity contribution in [2.75, 3.05) is 13.2 Å². The maximum atomic E-state index is 5.55. The number of rotatable bonds is 16. The zero-order valence-electron chi connectivity index (χ0n) is 15.6. The molecule has 0 amide bonds. The van der Waals surface area contributed by atoms with Gasteiger partial charge in [-0.1, -0.05) is 78.1 Å². The first kappa shape index (κ1) is 20.7. The summed E-state index contributed by atoms with van der Waals surface area (Å²) in [7, 11) is 0. The topological polar surface area (TPSA) is 57.1 Å². The highest BCUT2D eigenvalue weighted by Gasteiger charge is 2.03. The molecular weight excluding hydrogens is 302 g/mol. The molecule has 24 heavy (non-hydrogen) atoms. The van der Waals surface area contributed by atoms with Crippen molar-refractivity contribution in [1.29, 1.82) is 0 Å². The lowest BCUT2D eigenvalue weighted by molar-refractivity contribution is 0.252. The Hall–Kier alpha value is -1.39. The summed E-state index contributed by atoms with van der Waals surface area (Å²) in [5.41, 5.74) is 0. The minimum atomic E-state index is 0.316. The molecule has 0 N–H and O–H groups in total. The van der Waals surface area contributed by atoms with Crippen molar-refractivity contribution in [3.8, 4) is 12.0 Å². The van der Waals surface area contributed by atoms with Crippen molar-refractivity contribution in [2.24, 2.45) is 0 Å². The lowest BCUT2D eigenvalue weighted by Crippen LogP contribution is -2.06. The summed E-state index contributed by atoms with van der Waals surface area (Å²) in [5, 5.41) is 0. The van der Waals surface area contributed by atoms with Crippen LogP contribution >= 0.6 is 0 Å². The van der Waals surface area contributed by atoms with E-state index >= 15 is 0 Å². The van der Waals surface area contributed by atoms with E-state index in [1.165, 1.54) is 64.2 Å². The van der Waals surface area contributed by atoms with Gasteiger partial charge in [0.25, 0.3) is 0 Å². The Bertz CT molecular complexity index is 369. The summed E-state index contributed by atoms with van der Waals surface area (Å²) in [6, 6.07) is 0.632. The summed E-state index contributed by atoms with van der Waals surface area (Å²) in [4.78, 5) is 12.0. The molecule has 137 valence electrons. The maximum Gasteiger partial charge on any atom is 0.323 e. The Balaban J connectivity index is 2.08. The highest BCUT2D eigenvalue weighted by molar-refractivity contribution is 4.98. The molecule has 1 aromatic heterocycles. The third-order valence-corrected chi connectivity index (χ3v) is 3.94. The van der Waals surface area contributed by atoms with E-state index in [1.807, 2.05) is 0 Å². The van der Waals surface area contributed by atoms with E-state index in [9.17, 15) is 0 Å². The smallest absolute Gasteiger partial charge is 0.323 e. The standard InChI is InChI=1S/C19H34N3O2/c1-3-5-7-9-11-13-15-23-18-20-17-21-19(22-18)24-16-14-12-10-8-6-4-2/h3-16H2,1-2H3. The van der Waals surface area contributed by atoms with Gasteiger partial charge in [-0.25, -0.2) is 0 Å². The molecular formula is C19H34N3O2. The van der Waals surface area contributed by atoms with Crippen LogP contribution in [0.1, 0.15) is 90.9 Å². The number of hydrogen-bond donors (Lipinski definition) is 0. The van der Waals surface area contributed by atoms with Gasteiger partial charge in [0.1, 0.15) is 0 Å². The average Bonchev–Trinajstić information content (AvgIpc) is 2.60. The van der Waals surface area contributed by atoms with Gasteiger partial charge in [-0.2, -0.15) is 9.97 Å². The van der Waals surface area contributed by atoms with Crippen LogP contribution in [-0.2, 0) is 0 Å². The van der Waals surface area contributed by atoms with E-state index in [0.717, 1.165) is 12.8 Å². The molecule has 1 aromatic rings. The predicted octanol–water partition coefficient (Wildman–Crippen LogP) is 5.15. The SMILES string of the molecule is CCCCCCCCOc1n[c]nc(OCCCCCCCC)n1. The summed E-state index contributed by atoms with van der Waals surface area (Å²) in [5.74, 6) is 0. The van der Waals surface area contributed by atoms with Crippen molar-refractivity contribution in [3.05, 3.63) is 6.33 Å². The molecule has 5 nitrogen and oxygen atoms in total. The number of unbranched alkanes of at least 4 members (excludes halogenated alkanes) is 10. The van der Waals surface area contributed by atoms with E-state index in [-0.39, 0.29) is 0 Å². The van der Waals surface area contributed by atoms with Crippen molar-refractivity contribution < 1.29 is 9.47 Å². The van der Waals surface area contributed by atoms with Gasteiger partial charge in [0.15, 0.2) is 0 Å². The van der Waals surface area contributed by atoms with Gasteiger partial charge in [-0.15, -0.1) is 4.98 Å². The minimum absolute atomic E-state index is 0.316. The monoisotopic (exact) mass is 336 g/mol. The number of ether oxygens (including phenoxy) is 2. The summed E-state index contributed by atoms with van der Waals surface area (Å²) >= 11 is 0. The second-order valence-corrected chi connectivity index (χ2v) is 6.23. The van der Waals surface area contributed by atoms with E-state index in [0.29, 0.717) is 25.2 Å². The van der Waals surface area contributed by atoms with E-state index in [4.69, 9.17) is 9.47 Å². The quantitative estimate of drug-likeness (QED) is 0.391. The molecule has 1 rings (SSSR count). The van der Waals surface area contributed by atoms with Crippen LogP contribution in [-0.4, -0.2) is 28.2 Å². The van der Waals surface area contributed by atoms with Gasteiger partial charge in [0.05, 0.1) is 13.2 Å². The third kappa shape index (κ3) is 11.2. The van der Waals surface area contributed by atoms with Gasteiger partial charge in [0, 0.05) is 0 Å². The maximum absolute atomic E-state index is 5.55. The fourth-order valence-corrected chi connectivity index (χ4v) is 2.46. The van der Waals surface area contributed by atoms with Gasteiger partial charge in [-0.05, 0) is 12.8 Å². The molecule has 0 spiro atoms. The fourth-order valence-electron chi connectivity index (χ4n) is 2.46. The van der Waals surface area contributed by atoms with Crippen LogP contribution in [0.3, 0.4) is 0 Å². The summed E-state index contributed by atoms with van der Waals surface area (Å²) < 4.78 is 11.1. The van der Waals surface area contributed by atoms with Crippen LogP contribution in [0.5, 0.6) is 12.0 Å². The molecule has 0 fully saturated rings. The molecule has 0 atom stereocenters. The molecule has 0 aliphatic carbocycles.